The summed E-state index contributed by atoms with van der Waals surface area (Å²) >= 11 is 0. The van der Waals surface area contributed by atoms with Gasteiger partial charge in [0, 0.05) is 0 Å². The molecule has 0 saturated heterocycles. The lowest BCUT2D eigenvalue weighted by Crippen LogP contribution is -2.19. The van der Waals surface area contributed by atoms with Crippen molar-refractivity contribution >= 4 is 11.5 Å². The fourth-order valence-corrected chi connectivity index (χ4v) is 0.951. The van der Waals surface area contributed by atoms with Crippen LogP contribution < -0.4 is 5.11 Å². The molecular weight excluding hydrogens is 156 g/mol. The van der Waals surface area contributed by atoms with E-state index in [1.54, 1.807) is 12.1 Å². The number of allylic oxidation sites excluding steroid dienone is 1. The van der Waals surface area contributed by atoms with Gasteiger partial charge in [0.15, 0.2) is 0 Å². The van der Waals surface area contributed by atoms with Crippen LogP contribution in [0.25, 0.3) is 5.57 Å². The molecule has 0 saturated carbocycles. The van der Waals surface area contributed by atoms with Gasteiger partial charge in [0.25, 0.3) is 0 Å². The first-order chi connectivity index (χ1) is 5.74. The van der Waals surface area contributed by atoms with Gasteiger partial charge in [0.05, 0.1) is 12.2 Å². The third kappa shape index (κ3) is 1.99. The van der Waals surface area contributed by atoms with Gasteiger partial charge in [-0.2, -0.15) is 0 Å². The molecule has 0 aliphatic heterocycles. The smallest absolute Gasteiger partial charge is 0.129 e. The summed E-state index contributed by atoms with van der Waals surface area (Å²) in [7, 11) is 0. The Kier molecular flexibility index (Phi) is 2.69. The van der Waals surface area contributed by atoms with Crippen LogP contribution in [0.5, 0.6) is 0 Å². The normalized spacial score (nSPS) is 11.6. The maximum Gasteiger partial charge on any atom is 0.129 e. The number of carboxylic acid groups (broad SMARTS) is 1. The molecule has 0 atom stereocenters. The second-order valence-electron chi connectivity index (χ2n) is 2.32. The minimum atomic E-state index is -1.19. The van der Waals surface area contributed by atoms with Crippen LogP contribution in [0.4, 0.5) is 0 Å². The van der Waals surface area contributed by atoms with Crippen molar-refractivity contribution in [3.8, 4) is 0 Å². The molecule has 0 bridgehead atoms. The molecule has 0 radical (unpaired) electrons. The van der Waals surface area contributed by atoms with E-state index in [-0.39, 0.29) is 0 Å². The molecule has 0 fully saturated rings. The minimum absolute atomic E-state index is 0.585. The van der Waals surface area contributed by atoms with Crippen LogP contribution >= 0.6 is 0 Å². The van der Waals surface area contributed by atoms with E-state index in [0.29, 0.717) is 17.8 Å². The highest BCUT2D eigenvalue weighted by atomic mass is 16.4. The van der Waals surface area contributed by atoms with E-state index in [1.807, 2.05) is 6.92 Å². The number of hydrogen-bond donors (Lipinski definition) is 0. The predicted molar refractivity (Wildman–Crippen MR) is 42.0 cm³/mol. The van der Waals surface area contributed by atoms with E-state index in [9.17, 15) is 9.90 Å². The van der Waals surface area contributed by atoms with Crippen molar-refractivity contribution in [3.05, 3.63) is 30.2 Å². The van der Waals surface area contributed by atoms with Gasteiger partial charge in [-0.15, -0.1) is 0 Å². The zero-order valence-corrected chi connectivity index (χ0v) is 6.74. The Morgan fingerprint density at radius 3 is 2.92 bits per heavy atom. The zero-order valence-electron chi connectivity index (χ0n) is 6.74. The summed E-state index contributed by atoms with van der Waals surface area (Å²) in [5, 5.41) is 10.2. The van der Waals surface area contributed by atoms with Crippen molar-refractivity contribution in [3.63, 3.8) is 0 Å². The summed E-state index contributed by atoms with van der Waals surface area (Å²) in [5.41, 5.74) is 0.639. The van der Waals surface area contributed by atoms with Crippen LogP contribution in [0.1, 0.15) is 19.1 Å². The van der Waals surface area contributed by atoms with E-state index >= 15 is 0 Å². The lowest BCUT2D eigenvalue weighted by molar-refractivity contribution is -0.297. The summed E-state index contributed by atoms with van der Waals surface area (Å²) in [4.78, 5) is 10.2. The minimum Gasteiger partial charge on any atom is -0.545 e. The highest BCUT2D eigenvalue weighted by molar-refractivity contribution is 5.87. The second-order valence-corrected chi connectivity index (χ2v) is 2.32. The molecule has 64 valence electrons. The molecule has 0 aliphatic rings. The van der Waals surface area contributed by atoms with Gasteiger partial charge in [-0.05, 0) is 30.2 Å². The lowest BCUT2D eigenvalue weighted by Gasteiger charge is -2.00. The van der Waals surface area contributed by atoms with Crippen LogP contribution in [0, 0.1) is 0 Å². The number of carboxylic acids is 1. The van der Waals surface area contributed by atoms with Crippen LogP contribution in [-0.4, -0.2) is 5.97 Å². The molecule has 1 rings (SSSR count). The first-order valence-corrected chi connectivity index (χ1v) is 3.69. The fraction of sp³-hybridized carbons (Fsp3) is 0.222. The maximum absolute atomic E-state index is 10.2. The first-order valence-electron chi connectivity index (χ1n) is 3.69. The van der Waals surface area contributed by atoms with Gasteiger partial charge in [0.2, 0.25) is 0 Å². The van der Waals surface area contributed by atoms with Gasteiger partial charge in [-0.25, -0.2) is 0 Å². The number of carbonyl (C=O) groups is 1. The van der Waals surface area contributed by atoms with Gasteiger partial charge >= 0.3 is 0 Å². The molecule has 1 aromatic rings. The molecule has 1 aromatic heterocycles. The molecular formula is C9H9O3-. The number of hydrogen-bond acceptors (Lipinski definition) is 3. The van der Waals surface area contributed by atoms with Gasteiger partial charge < -0.3 is 14.3 Å². The molecule has 0 aliphatic carbocycles. The highest BCUT2D eigenvalue weighted by Crippen LogP contribution is 2.17. The average Bonchev–Trinajstić information content (AvgIpc) is 2.51. The van der Waals surface area contributed by atoms with Crippen molar-refractivity contribution in [2.75, 3.05) is 0 Å². The van der Waals surface area contributed by atoms with Gasteiger partial charge in [-0.1, -0.05) is 6.92 Å². The molecule has 12 heavy (non-hydrogen) atoms. The average molecular weight is 165 g/mol. The number of furan rings is 1. The standard InChI is InChI=1S/C9H10O3/c1-2-7(6-9(10)11)8-4-3-5-12-8/h3-6H,2H2,1H3,(H,10,11)/p-1/b7-6+. The third-order valence-corrected chi connectivity index (χ3v) is 1.51. The fourth-order valence-electron chi connectivity index (χ4n) is 0.951. The van der Waals surface area contributed by atoms with Crippen LogP contribution in [-0.2, 0) is 4.79 Å². The molecule has 0 N–H and O–H groups in total. The number of aliphatic carboxylic acids is 1. The van der Waals surface area contributed by atoms with Gasteiger partial charge in [-0.3, -0.25) is 0 Å². The molecule has 0 unspecified atom stereocenters. The summed E-state index contributed by atoms with van der Waals surface area (Å²) in [6, 6.07) is 3.44. The number of rotatable bonds is 3. The molecule has 0 aromatic carbocycles. The Labute approximate surface area is 70.3 Å². The summed E-state index contributed by atoms with van der Waals surface area (Å²) < 4.78 is 5.03. The Morgan fingerprint density at radius 2 is 2.50 bits per heavy atom. The van der Waals surface area contributed by atoms with E-state index in [4.69, 9.17) is 4.42 Å². The monoisotopic (exact) mass is 165 g/mol. The molecule has 0 spiro atoms. The first kappa shape index (κ1) is 8.59. The summed E-state index contributed by atoms with van der Waals surface area (Å²) in [6.45, 7) is 1.86. The van der Waals surface area contributed by atoms with Crippen molar-refractivity contribution < 1.29 is 14.3 Å². The van der Waals surface area contributed by atoms with Crippen molar-refractivity contribution in [2.45, 2.75) is 13.3 Å². The lowest BCUT2D eigenvalue weighted by atomic mass is 10.1. The molecule has 3 heteroatoms. The topological polar surface area (TPSA) is 53.3 Å². The van der Waals surface area contributed by atoms with Crippen LogP contribution in [0.3, 0.4) is 0 Å². The van der Waals surface area contributed by atoms with Crippen molar-refractivity contribution in [1.29, 1.82) is 0 Å². The van der Waals surface area contributed by atoms with Crippen LogP contribution in [0.2, 0.25) is 0 Å². The van der Waals surface area contributed by atoms with E-state index < -0.39 is 5.97 Å². The largest absolute Gasteiger partial charge is 0.545 e. The highest BCUT2D eigenvalue weighted by Gasteiger charge is 2.00. The summed E-state index contributed by atoms with van der Waals surface area (Å²) in [5.74, 6) is -0.607. The number of carbonyl (C=O) groups excluding carboxylic acids is 1. The van der Waals surface area contributed by atoms with Crippen LogP contribution in [0.15, 0.2) is 28.9 Å². The van der Waals surface area contributed by atoms with E-state index in [1.165, 1.54) is 6.26 Å². The third-order valence-electron chi connectivity index (χ3n) is 1.51. The van der Waals surface area contributed by atoms with E-state index in [0.717, 1.165) is 6.08 Å². The molecule has 1 heterocycles. The molecule has 0 amide bonds. The molecule has 3 nitrogen and oxygen atoms in total. The van der Waals surface area contributed by atoms with E-state index in [2.05, 4.69) is 0 Å². The Bertz CT molecular complexity index is 283. The maximum atomic E-state index is 10.2. The predicted octanol–water partition coefficient (Wildman–Crippen LogP) is 0.823. The SMILES string of the molecule is CC/C(=C\C(=O)[O-])c1ccco1. The Hall–Kier alpha value is -1.51. The quantitative estimate of drug-likeness (QED) is 0.623. The Morgan fingerprint density at radius 1 is 1.75 bits per heavy atom. The van der Waals surface area contributed by atoms with Crippen molar-refractivity contribution in [1.82, 2.24) is 0 Å². The summed E-state index contributed by atoms with van der Waals surface area (Å²) in [6.07, 6.45) is 3.18. The Balaban J connectivity index is 2.91. The zero-order chi connectivity index (χ0) is 8.97. The van der Waals surface area contributed by atoms with Gasteiger partial charge in [0.1, 0.15) is 5.76 Å². The van der Waals surface area contributed by atoms with Crippen molar-refractivity contribution in [2.24, 2.45) is 0 Å². The second kappa shape index (κ2) is 3.76.